The molecule has 43 heavy (non-hydrogen) atoms. The highest BCUT2D eigenvalue weighted by molar-refractivity contribution is 7.89. The van der Waals surface area contributed by atoms with E-state index in [2.05, 4.69) is 25.0 Å². The number of pyridine rings is 1. The lowest BCUT2D eigenvalue weighted by Gasteiger charge is -2.23. The van der Waals surface area contributed by atoms with Crippen LogP contribution < -0.4 is 15.5 Å². The number of aromatic nitrogens is 3. The first kappa shape index (κ1) is 29.3. The van der Waals surface area contributed by atoms with Crippen LogP contribution in [0.2, 0.25) is 0 Å². The zero-order valence-corrected chi connectivity index (χ0v) is 23.2. The number of carbonyl (C=O) groups excluding carboxylic acids is 1. The van der Waals surface area contributed by atoms with Gasteiger partial charge in [-0.2, -0.15) is 4.72 Å². The zero-order chi connectivity index (χ0) is 30.9. The Kier molecular flexibility index (Phi) is 7.93. The fraction of sp³-hybridized carbons (Fsp3) is 0.143. The number of carboxylic acids is 1. The summed E-state index contributed by atoms with van der Waals surface area (Å²) in [5, 5.41) is 13.0. The number of aromatic amines is 2. The summed E-state index contributed by atoms with van der Waals surface area (Å²) in [6, 6.07) is 10.2. The number of sulfonamides is 1. The van der Waals surface area contributed by atoms with Crippen molar-refractivity contribution in [3.63, 3.8) is 0 Å². The van der Waals surface area contributed by atoms with Gasteiger partial charge in [0.1, 0.15) is 17.4 Å². The third kappa shape index (κ3) is 5.80. The summed E-state index contributed by atoms with van der Waals surface area (Å²) in [6.45, 7) is -0.965. The number of halogens is 2. The SMILES string of the molecule is CN(CC(NS(=O)(=O)c1cccc2ccccc12)C(=O)O)C(=O)c1c[nH]c2c(F)c(CNc3ncc[nH]3)c(F)cc2c1=O. The summed E-state index contributed by atoms with van der Waals surface area (Å²) in [4.78, 5) is 48.1. The number of nitrogens with one attached hydrogen (secondary N) is 4. The van der Waals surface area contributed by atoms with Crippen molar-refractivity contribution in [2.24, 2.45) is 0 Å². The predicted octanol–water partition coefficient (Wildman–Crippen LogP) is 2.80. The molecule has 0 aliphatic rings. The van der Waals surface area contributed by atoms with Crippen molar-refractivity contribution in [2.45, 2.75) is 17.5 Å². The maximum atomic E-state index is 15.2. The van der Waals surface area contributed by atoms with Crippen LogP contribution >= 0.6 is 0 Å². The quantitative estimate of drug-likeness (QED) is 0.160. The van der Waals surface area contributed by atoms with E-state index >= 15 is 4.39 Å². The second kappa shape index (κ2) is 11.6. The monoisotopic (exact) mass is 610 g/mol. The molecule has 12 nitrogen and oxygen atoms in total. The molecule has 0 saturated carbocycles. The highest BCUT2D eigenvalue weighted by Gasteiger charge is 2.30. The molecule has 0 aliphatic carbocycles. The van der Waals surface area contributed by atoms with Gasteiger partial charge < -0.3 is 25.3 Å². The van der Waals surface area contributed by atoms with Crippen molar-refractivity contribution in [1.82, 2.24) is 24.6 Å². The smallest absolute Gasteiger partial charge is 0.323 e. The molecule has 5 aromatic rings. The third-order valence-electron chi connectivity index (χ3n) is 6.76. The average Bonchev–Trinajstić information content (AvgIpc) is 3.50. The molecule has 1 amide bonds. The summed E-state index contributed by atoms with van der Waals surface area (Å²) in [5.41, 5.74) is -2.25. The van der Waals surface area contributed by atoms with Gasteiger partial charge in [-0.1, -0.05) is 36.4 Å². The molecule has 15 heteroatoms. The Hall–Kier alpha value is -5.15. The van der Waals surface area contributed by atoms with Crippen molar-refractivity contribution in [3.8, 4) is 0 Å². The van der Waals surface area contributed by atoms with Crippen LogP contribution in [0.3, 0.4) is 0 Å². The van der Waals surface area contributed by atoms with Crippen LogP contribution in [0.5, 0.6) is 0 Å². The van der Waals surface area contributed by atoms with Crippen molar-refractivity contribution < 1.29 is 31.9 Å². The maximum absolute atomic E-state index is 15.2. The van der Waals surface area contributed by atoms with Crippen molar-refractivity contribution >= 4 is 49.5 Å². The lowest BCUT2D eigenvalue weighted by Crippen LogP contribution is -2.49. The van der Waals surface area contributed by atoms with Gasteiger partial charge in [0.2, 0.25) is 15.5 Å². The van der Waals surface area contributed by atoms with E-state index in [9.17, 15) is 32.3 Å². The molecule has 5 N–H and O–H groups in total. The highest BCUT2D eigenvalue weighted by atomic mass is 32.2. The zero-order valence-electron chi connectivity index (χ0n) is 22.4. The highest BCUT2D eigenvalue weighted by Crippen LogP contribution is 2.24. The third-order valence-corrected chi connectivity index (χ3v) is 8.29. The van der Waals surface area contributed by atoms with Gasteiger partial charge in [-0.05, 0) is 17.5 Å². The molecular formula is C28H24F2N6O6S. The van der Waals surface area contributed by atoms with Gasteiger partial charge >= 0.3 is 5.97 Å². The minimum Gasteiger partial charge on any atom is -0.480 e. The number of fused-ring (bicyclic) bond motifs is 2. The summed E-state index contributed by atoms with van der Waals surface area (Å²) in [6.07, 6.45) is 3.90. The molecule has 1 unspecified atom stereocenters. The number of carboxylic acid groups (broad SMARTS) is 1. The van der Waals surface area contributed by atoms with Crippen LogP contribution in [0.15, 0.2) is 76.8 Å². The number of imidazole rings is 1. The number of nitrogens with zero attached hydrogens (tertiary/aromatic N) is 2. The lowest BCUT2D eigenvalue weighted by atomic mass is 10.1. The second-order valence-electron chi connectivity index (χ2n) is 9.57. The number of rotatable bonds is 10. The first-order valence-electron chi connectivity index (χ1n) is 12.7. The Morgan fingerprint density at radius 1 is 1.09 bits per heavy atom. The first-order valence-corrected chi connectivity index (χ1v) is 14.2. The molecule has 0 saturated heterocycles. The minimum atomic E-state index is -4.37. The fourth-order valence-corrected chi connectivity index (χ4v) is 6.01. The second-order valence-corrected chi connectivity index (χ2v) is 11.3. The van der Waals surface area contributed by atoms with Crippen LogP contribution in [0.1, 0.15) is 15.9 Å². The van der Waals surface area contributed by atoms with Gasteiger partial charge in [-0.3, -0.25) is 14.4 Å². The molecule has 0 radical (unpaired) electrons. The Morgan fingerprint density at radius 3 is 2.56 bits per heavy atom. The number of H-pyrrole nitrogens is 2. The van der Waals surface area contributed by atoms with Crippen LogP contribution in [-0.2, 0) is 21.4 Å². The van der Waals surface area contributed by atoms with E-state index < -0.39 is 62.5 Å². The van der Waals surface area contributed by atoms with Crippen LogP contribution in [0.4, 0.5) is 14.7 Å². The Balaban J connectivity index is 1.38. The normalized spacial score (nSPS) is 12.3. The van der Waals surface area contributed by atoms with Crippen LogP contribution in [-0.4, -0.2) is 64.9 Å². The van der Waals surface area contributed by atoms with Crippen molar-refractivity contribution in [3.05, 3.63) is 100 Å². The topological polar surface area (TPSA) is 177 Å². The molecule has 2 aromatic heterocycles. The number of benzene rings is 3. The number of carbonyl (C=O) groups is 2. The summed E-state index contributed by atoms with van der Waals surface area (Å²) in [7, 11) is -3.20. The fourth-order valence-electron chi connectivity index (χ4n) is 4.60. The van der Waals surface area contributed by atoms with Gasteiger partial charge in [-0.15, -0.1) is 0 Å². The number of hydrogen-bond acceptors (Lipinski definition) is 7. The average molecular weight is 611 g/mol. The van der Waals surface area contributed by atoms with Gasteiger partial charge in [-0.25, -0.2) is 22.2 Å². The minimum absolute atomic E-state index is 0.153. The van der Waals surface area contributed by atoms with Gasteiger partial charge in [0.25, 0.3) is 5.91 Å². The van der Waals surface area contributed by atoms with Gasteiger partial charge in [0, 0.05) is 49.7 Å². The van der Waals surface area contributed by atoms with E-state index in [1.165, 1.54) is 31.6 Å². The molecule has 1 atom stereocenters. The molecule has 0 fully saturated rings. The van der Waals surface area contributed by atoms with E-state index in [1.54, 1.807) is 30.3 Å². The summed E-state index contributed by atoms with van der Waals surface area (Å²) < 4.78 is 58.5. The van der Waals surface area contributed by atoms with Crippen LogP contribution in [0, 0.1) is 11.6 Å². The van der Waals surface area contributed by atoms with Crippen LogP contribution in [0.25, 0.3) is 21.7 Å². The van der Waals surface area contributed by atoms with Crippen molar-refractivity contribution in [2.75, 3.05) is 18.9 Å². The largest absolute Gasteiger partial charge is 0.480 e. The number of aliphatic carboxylic acids is 1. The first-order chi connectivity index (χ1) is 20.5. The van der Waals surface area contributed by atoms with E-state index in [0.717, 1.165) is 17.2 Å². The molecule has 0 bridgehead atoms. The molecule has 3 aromatic carbocycles. The van der Waals surface area contributed by atoms with Gasteiger partial charge in [0.15, 0.2) is 11.8 Å². The Bertz CT molecular complexity index is 2030. The molecular weight excluding hydrogens is 586 g/mol. The van der Waals surface area contributed by atoms with E-state index in [0.29, 0.717) is 10.8 Å². The van der Waals surface area contributed by atoms with Crippen molar-refractivity contribution in [1.29, 1.82) is 0 Å². The maximum Gasteiger partial charge on any atom is 0.323 e. The Morgan fingerprint density at radius 2 is 1.84 bits per heavy atom. The Labute approximate surface area is 242 Å². The number of amides is 1. The number of hydrogen-bond donors (Lipinski definition) is 5. The van der Waals surface area contributed by atoms with E-state index in [4.69, 9.17) is 0 Å². The summed E-state index contributed by atoms with van der Waals surface area (Å²) in [5.74, 6) is -4.39. The van der Waals surface area contributed by atoms with Gasteiger partial charge in [0.05, 0.1) is 15.8 Å². The molecule has 2 heterocycles. The van der Waals surface area contributed by atoms with E-state index in [1.807, 2.05) is 0 Å². The lowest BCUT2D eigenvalue weighted by molar-refractivity contribution is -0.139. The summed E-state index contributed by atoms with van der Waals surface area (Å²) >= 11 is 0. The molecule has 5 rings (SSSR count). The predicted molar refractivity (Wildman–Crippen MR) is 153 cm³/mol. The van der Waals surface area contributed by atoms with E-state index in [-0.39, 0.29) is 28.5 Å². The molecule has 222 valence electrons. The molecule has 0 aliphatic heterocycles. The molecule has 0 spiro atoms. The number of anilines is 1. The standard InChI is InChI=1S/C28H24F2N6O6S/c1-36(14-21(27(39)40)35-43(41,42)22-8-4-6-15-5-2-3-7-16(15)22)26(38)19-13-33-24-17(25(19)37)11-20(29)18(23(24)30)12-34-28-31-9-10-32-28/h2-11,13,21,35H,12,14H2,1H3,(H,33,37)(H,39,40)(H2,31,32,34). The number of likely N-dealkylation sites (N-methyl/N-ethyl adjacent to an activating group) is 1.